The molecule has 2 rings (SSSR count). The van der Waals surface area contributed by atoms with E-state index in [9.17, 15) is 0 Å². The molecule has 0 radical (unpaired) electrons. The van der Waals surface area contributed by atoms with Crippen molar-refractivity contribution in [2.75, 3.05) is 47.9 Å². The van der Waals surface area contributed by atoms with Gasteiger partial charge in [-0.2, -0.15) is 0 Å². The first-order valence-corrected chi connectivity index (χ1v) is 6.26. The molecule has 1 heterocycles. The normalized spacial score (nSPS) is 21.9. The molecule has 4 heteroatoms. The second-order valence-corrected chi connectivity index (χ2v) is 4.90. The van der Waals surface area contributed by atoms with Crippen LogP contribution in [0.25, 0.3) is 0 Å². The Morgan fingerprint density at radius 3 is 2.17 bits per heavy atom. The fourth-order valence-electron chi connectivity index (χ4n) is 2.39. The van der Waals surface area contributed by atoms with Gasteiger partial charge in [0.25, 0.3) is 0 Å². The van der Waals surface area contributed by atoms with Gasteiger partial charge in [0.15, 0.2) is 0 Å². The fourth-order valence-corrected chi connectivity index (χ4v) is 2.39. The van der Waals surface area contributed by atoms with E-state index in [0.717, 1.165) is 31.1 Å². The van der Waals surface area contributed by atoms with Crippen LogP contribution in [0, 0.1) is 0 Å². The van der Waals surface area contributed by atoms with Crippen molar-refractivity contribution in [3.8, 4) is 11.5 Å². The number of hydrogen-bond acceptors (Lipinski definition) is 4. The molecule has 1 aromatic rings. The van der Waals surface area contributed by atoms with E-state index >= 15 is 0 Å². The van der Waals surface area contributed by atoms with Crippen LogP contribution in [-0.2, 0) is 0 Å². The maximum absolute atomic E-state index is 5.34. The Kier molecular flexibility index (Phi) is 4.09. The number of rotatable bonds is 3. The van der Waals surface area contributed by atoms with E-state index in [1.165, 1.54) is 5.56 Å². The van der Waals surface area contributed by atoms with E-state index in [2.05, 4.69) is 36.0 Å². The Hall–Kier alpha value is -1.26. The molecule has 1 aliphatic rings. The minimum Gasteiger partial charge on any atom is -0.497 e. The zero-order valence-electron chi connectivity index (χ0n) is 11.6. The predicted octanol–water partition coefficient (Wildman–Crippen LogP) is 1.62. The SMILES string of the molecule is COc1cc(OC)cc(C2CN(C)CCN2C)c1. The predicted molar refractivity (Wildman–Crippen MR) is 72.4 cm³/mol. The summed E-state index contributed by atoms with van der Waals surface area (Å²) in [6.07, 6.45) is 0. The highest BCUT2D eigenvalue weighted by Gasteiger charge is 2.24. The van der Waals surface area contributed by atoms with Gasteiger partial charge >= 0.3 is 0 Å². The maximum Gasteiger partial charge on any atom is 0.122 e. The fraction of sp³-hybridized carbons (Fsp3) is 0.571. The topological polar surface area (TPSA) is 24.9 Å². The Morgan fingerprint density at radius 1 is 1.00 bits per heavy atom. The molecular weight excluding hydrogens is 228 g/mol. The van der Waals surface area contributed by atoms with Gasteiger partial charge < -0.3 is 14.4 Å². The molecule has 0 spiro atoms. The molecule has 4 nitrogen and oxygen atoms in total. The van der Waals surface area contributed by atoms with E-state index < -0.39 is 0 Å². The number of hydrogen-bond donors (Lipinski definition) is 0. The van der Waals surface area contributed by atoms with E-state index in [4.69, 9.17) is 9.47 Å². The number of benzene rings is 1. The number of methoxy groups -OCH3 is 2. The van der Waals surface area contributed by atoms with Crippen LogP contribution in [0.3, 0.4) is 0 Å². The van der Waals surface area contributed by atoms with Gasteiger partial charge in [-0.1, -0.05) is 0 Å². The van der Waals surface area contributed by atoms with Gasteiger partial charge in [0.2, 0.25) is 0 Å². The molecule has 0 aromatic heterocycles. The van der Waals surface area contributed by atoms with Gasteiger partial charge in [-0.15, -0.1) is 0 Å². The lowest BCUT2D eigenvalue weighted by Crippen LogP contribution is -2.44. The van der Waals surface area contributed by atoms with E-state index in [0.29, 0.717) is 6.04 Å². The summed E-state index contributed by atoms with van der Waals surface area (Å²) >= 11 is 0. The second-order valence-electron chi connectivity index (χ2n) is 4.90. The minimum absolute atomic E-state index is 0.396. The van der Waals surface area contributed by atoms with Crippen LogP contribution in [0.5, 0.6) is 11.5 Å². The summed E-state index contributed by atoms with van der Waals surface area (Å²) < 4.78 is 10.7. The van der Waals surface area contributed by atoms with Crippen LogP contribution in [0.1, 0.15) is 11.6 Å². The molecule has 1 atom stereocenters. The Bertz CT molecular complexity index is 387. The van der Waals surface area contributed by atoms with Crippen LogP contribution in [0.15, 0.2) is 18.2 Å². The molecular formula is C14H22N2O2. The summed E-state index contributed by atoms with van der Waals surface area (Å²) in [6.45, 7) is 3.24. The van der Waals surface area contributed by atoms with Crippen molar-refractivity contribution in [3.63, 3.8) is 0 Å². The maximum atomic E-state index is 5.34. The number of nitrogens with zero attached hydrogens (tertiary/aromatic N) is 2. The summed E-state index contributed by atoms with van der Waals surface area (Å²) in [6, 6.07) is 6.51. The van der Waals surface area contributed by atoms with Crippen LogP contribution < -0.4 is 9.47 Å². The second kappa shape index (κ2) is 5.59. The molecule has 0 amide bonds. The smallest absolute Gasteiger partial charge is 0.122 e. The third-order valence-corrected chi connectivity index (χ3v) is 3.61. The lowest BCUT2D eigenvalue weighted by atomic mass is 10.0. The summed E-state index contributed by atoms with van der Waals surface area (Å²) in [5.74, 6) is 1.71. The molecule has 1 unspecified atom stereocenters. The molecule has 100 valence electrons. The van der Waals surface area contributed by atoms with Crippen molar-refractivity contribution in [1.29, 1.82) is 0 Å². The van der Waals surface area contributed by atoms with E-state index in [1.54, 1.807) is 14.2 Å². The molecule has 1 fully saturated rings. The number of piperazine rings is 1. The minimum atomic E-state index is 0.396. The third-order valence-electron chi connectivity index (χ3n) is 3.61. The van der Waals surface area contributed by atoms with Crippen LogP contribution >= 0.6 is 0 Å². The molecule has 1 aliphatic heterocycles. The first kappa shape index (κ1) is 13.2. The molecule has 1 saturated heterocycles. The first-order chi connectivity index (χ1) is 8.63. The van der Waals surface area contributed by atoms with E-state index in [-0.39, 0.29) is 0 Å². The quantitative estimate of drug-likeness (QED) is 0.814. The van der Waals surface area contributed by atoms with Gasteiger partial charge in [0, 0.05) is 31.7 Å². The Labute approximate surface area is 109 Å². The van der Waals surface area contributed by atoms with Crippen molar-refractivity contribution in [2.45, 2.75) is 6.04 Å². The van der Waals surface area contributed by atoms with Crippen molar-refractivity contribution in [1.82, 2.24) is 9.80 Å². The van der Waals surface area contributed by atoms with Gasteiger partial charge in [-0.25, -0.2) is 0 Å². The zero-order chi connectivity index (χ0) is 13.1. The van der Waals surface area contributed by atoms with Crippen LogP contribution in [0.2, 0.25) is 0 Å². The lowest BCUT2D eigenvalue weighted by molar-refractivity contribution is 0.115. The summed E-state index contributed by atoms with van der Waals surface area (Å²) in [5.41, 5.74) is 1.25. The third kappa shape index (κ3) is 2.76. The standard InChI is InChI=1S/C14H22N2O2/c1-15-5-6-16(2)14(10-15)11-7-12(17-3)9-13(8-11)18-4/h7-9,14H,5-6,10H2,1-4H3. The molecule has 0 aliphatic carbocycles. The first-order valence-electron chi connectivity index (χ1n) is 6.26. The van der Waals surface area contributed by atoms with Crippen molar-refractivity contribution < 1.29 is 9.47 Å². The average Bonchev–Trinajstić information content (AvgIpc) is 2.40. The monoisotopic (exact) mass is 250 g/mol. The van der Waals surface area contributed by atoms with E-state index in [1.807, 2.05) is 6.07 Å². The Morgan fingerprint density at radius 2 is 1.61 bits per heavy atom. The highest BCUT2D eigenvalue weighted by Crippen LogP contribution is 2.30. The van der Waals surface area contributed by atoms with Gasteiger partial charge in [0.05, 0.1) is 14.2 Å². The highest BCUT2D eigenvalue weighted by atomic mass is 16.5. The van der Waals surface area contributed by atoms with Gasteiger partial charge in [0.1, 0.15) is 11.5 Å². The zero-order valence-corrected chi connectivity index (χ0v) is 11.6. The summed E-state index contributed by atoms with van der Waals surface area (Å²) in [4.78, 5) is 4.74. The number of likely N-dealkylation sites (N-methyl/N-ethyl adjacent to an activating group) is 2. The van der Waals surface area contributed by atoms with Gasteiger partial charge in [-0.05, 0) is 31.8 Å². The summed E-state index contributed by atoms with van der Waals surface area (Å²) in [5, 5.41) is 0. The van der Waals surface area contributed by atoms with Crippen LogP contribution in [-0.4, -0.2) is 57.7 Å². The lowest BCUT2D eigenvalue weighted by Gasteiger charge is -2.38. The average molecular weight is 250 g/mol. The van der Waals surface area contributed by atoms with Crippen molar-refractivity contribution >= 4 is 0 Å². The van der Waals surface area contributed by atoms with Crippen molar-refractivity contribution in [2.24, 2.45) is 0 Å². The highest BCUT2D eigenvalue weighted by molar-refractivity contribution is 5.40. The van der Waals surface area contributed by atoms with Crippen molar-refractivity contribution in [3.05, 3.63) is 23.8 Å². The Balaban J connectivity index is 2.30. The largest absolute Gasteiger partial charge is 0.497 e. The van der Waals surface area contributed by atoms with Crippen LogP contribution in [0.4, 0.5) is 0 Å². The molecule has 0 saturated carbocycles. The summed E-state index contributed by atoms with van der Waals surface area (Å²) in [7, 11) is 7.71. The molecule has 0 bridgehead atoms. The number of ether oxygens (including phenoxy) is 2. The molecule has 18 heavy (non-hydrogen) atoms. The van der Waals surface area contributed by atoms with Gasteiger partial charge in [-0.3, -0.25) is 4.90 Å². The molecule has 1 aromatic carbocycles. The molecule has 0 N–H and O–H groups in total.